The summed E-state index contributed by atoms with van der Waals surface area (Å²) >= 11 is 6.11. The standard InChI is InChI=1S/C16H26ClN3/c1-12(2)15-18-11-14(13(10-17)19-15)20-8-5-6-16(3,4)7-9-20/h11-12H,5-10H2,1-4H3. The molecule has 1 saturated heterocycles. The third-order valence-electron chi connectivity index (χ3n) is 4.19. The molecule has 2 rings (SSSR count). The van der Waals surface area contributed by atoms with Crippen molar-refractivity contribution in [2.75, 3.05) is 18.0 Å². The largest absolute Gasteiger partial charge is 0.369 e. The first-order chi connectivity index (χ1) is 9.43. The lowest BCUT2D eigenvalue weighted by molar-refractivity contribution is 0.325. The van der Waals surface area contributed by atoms with Crippen LogP contribution in [0.4, 0.5) is 5.69 Å². The van der Waals surface area contributed by atoms with Crippen LogP contribution >= 0.6 is 11.6 Å². The zero-order chi connectivity index (χ0) is 14.8. The van der Waals surface area contributed by atoms with Crippen LogP contribution in [0.5, 0.6) is 0 Å². The topological polar surface area (TPSA) is 29.0 Å². The molecule has 1 aromatic rings. The second-order valence-electron chi connectivity index (χ2n) is 6.85. The molecule has 112 valence electrons. The highest BCUT2D eigenvalue weighted by atomic mass is 35.5. The Morgan fingerprint density at radius 3 is 2.70 bits per heavy atom. The normalized spacial score (nSPS) is 19.2. The van der Waals surface area contributed by atoms with E-state index in [4.69, 9.17) is 11.6 Å². The molecule has 0 amide bonds. The van der Waals surface area contributed by atoms with Crippen LogP contribution in [-0.2, 0) is 5.88 Å². The molecule has 1 aliphatic heterocycles. The van der Waals surface area contributed by atoms with Crippen LogP contribution in [0.1, 0.15) is 64.4 Å². The first kappa shape index (κ1) is 15.6. The summed E-state index contributed by atoms with van der Waals surface area (Å²) in [5.41, 5.74) is 2.54. The van der Waals surface area contributed by atoms with Crippen molar-refractivity contribution in [2.24, 2.45) is 5.41 Å². The van der Waals surface area contributed by atoms with E-state index in [-0.39, 0.29) is 0 Å². The number of alkyl halides is 1. The lowest BCUT2D eigenvalue weighted by Gasteiger charge is -2.26. The summed E-state index contributed by atoms with van der Waals surface area (Å²) in [7, 11) is 0. The summed E-state index contributed by atoms with van der Waals surface area (Å²) in [6.45, 7) is 11.1. The zero-order valence-electron chi connectivity index (χ0n) is 13.1. The van der Waals surface area contributed by atoms with Crippen molar-refractivity contribution in [2.45, 2.75) is 58.8 Å². The van der Waals surface area contributed by atoms with Crippen molar-refractivity contribution in [1.82, 2.24) is 9.97 Å². The van der Waals surface area contributed by atoms with E-state index in [2.05, 4.69) is 42.6 Å². The highest BCUT2D eigenvalue weighted by Crippen LogP contribution is 2.32. The second-order valence-corrected chi connectivity index (χ2v) is 7.12. The monoisotopic (exact) mass is 295 g/mol. The minimum atomic E-state index is 0.342. The lowest BCUT2D eigenvalue weighted by Crippen LogP contribution is -2.26. The average Bonchev–Trinajstić information content (AvgIpc) is 2.59. The third-order valence-corrected chi connectivity index (χ3v) is 4.44. The molecule has 3 nitrogen and oxygen atoms in total. The highest BCUT2D eigenvalue weighted by molar-refractivity contribution is 6.17. The molecule has 0 N–H and O–H groups in total. The molecule has 1 aromatic heterocycles. The predicted molar refractivity (Wildman–Crippen MR) is 85.5 cm³/mol. The summed E-state index contributed by atoms with van der Waals surface area (Å²) in [5.74, 6) is 1.69. The number of anilines is 1. The smallest absolute Gasteiger partial charge is 0.131 e. The Labute approximate surface area is 127 Å². The van der Waals surface area contributed by atoms with Gasteiger partial charge < -0.3 is 4.90 Å². The molecule has 0 bridgehead atoms. The summed E-state index contributed by atoms with van der Waals surface area (Å²) in [4.78, 5) is 11.6. The van der Waals surface area contributed by atoms with Gasteiger partial charge in [-0.1, -0.05) is 27.7 Å². The van der Waals surface area contributed by atoms with Gasteiger partial charge in [0, 0.05) is 19.0 Å². The predicted octanol–water partition coefficient (Wildman–Crippen LogP) is 4.36. The Balaban J connectivity index is 2.23. The van der Waals surface area contributed by atoms with Gasteiger partial charge in [-0.25, -0.2) is 9.97 Å². The van der Waals surface area contributed by atoms with E-state index in [0.717, 1.165) is 30.3 Å². The average molecular weight is 296 g/mol. The van der Waals surface area contributed by atoms with E-state index in [1.807, 2.05) is 6.20 Å². The summed E-state index contributed by atoms with van der Waals surface area (Å²) < 4.78 is 0. The number of aromatic nitrogens is 2. The third kappa shape index (κ3) is 3.63. The molecule has 0 aromatic carbocycles. The van der Waals surface area contributed by atoms with Crippen molar-refractivity contribution >= 4 is 17.3 Å². The van der Waals surface area contributed by atoms with Crippen LogP contribution in [0.2, 0.25) is 0 Å². The van der Waals surface area contributed by atoms with Crippen molar-refractivity contribution in [3.8, 4) is 0 Å². The molecule has 1 fully saturated rings. The van der Waals surface area contributed by atoms with E-state index < -0.39 is 0 Å². The fraction of sp³-hybridized carbons (Fsp3) is 0.750. The van der Waals surface area contributed by atoms with Gasteiger partial charge >= 0.3 is 0 Å². The maximum absolute atomic E-state index is 6.11. The van der Waals surface area contributed by atoms with E-state index in [1.54, 1.807) is 0 Å². The molecule has 0 radical (unpaired) electrons. The molecule has 4 heteroatoms. The van der Waals surface area contributed by atoms with E-state index in [1.165, 1.54) is 19.3 Å². The van der Waals surface area contributed by atoms with Gasteiger partial charge in [0.25, 0.3) is 0 Å². The van der Waals surface area contributed by atoms with Crippen LogP contribution in [0.3, 0.4) is 0 Å². The molecule has 20 heavy (non-hydrogen) atoms. The maximum atomic E-state index is 6.11. The van der Waals surface area contributed by atoms with Gasteiger partial charge in [-0.15, -0.1) is 11.6 Å². The second kappa shape index (κ2) is 6.30. The number of rotatable bonds is 3. The first-order valence-electron chi connectivity index (χ1n) is 7.60. The first-order valence-corrected chi connectivity index (χ1v) is 8.13. The SMILES string of the molecule is CC(C)c1ncc(N2CCCC(C)(C)CC2)c(CCl)n1. The maximum Gasteiger partial charge on any atom is 0.131 e. The number of hydrogen-bond donors (Lipinski definition) is 0. The molecule has 0 saturated carbocycles. The fourth-order valence-electron chi connectivity index (χ4n) is 2.73. The number of halogens is 1. The van der Waals surface area contributed by atoms with Gasteiger partial charge in [0.1, 0.15) is 5.82 Å². The molecule has 0 unspecified atom stereocenters. The van der Waals surface area contributed by atoms with Gasteiger partial charge in [0.2, 0.25) is 0 Å². The lowest BCUT2D eigenvalue weighted by atomic mass is 9.85. The number of nitrogens with zero attached hydrogens (tertiary/aromatic N) is 3. The number of hydrogen-bond acceptors (Lipinski definition) is 3. The Morgan fingerprint density at radius 1 is 1.30 bits per heavy atom. The Morgan fingerprint density at radius 2 is 2.05 bits per heavy atom. The van der Waals surface area contributed by atoms with Crippen LogP contribution < -0.4 is 4.90 Å². The van der Waals surface area contributed by atoms with Crippen molar-refractivity contribution in [3.05, 3.63) is 17.7 Å². The summed E-state index contributed by atoms with van der Waals surface area (Å²) in [6.07, 6.45) is 5.68. The molecule has 0 spiro atoms. The summed E-state index contributed by atoms with van der Waals surface area (Å²) in [5, 5.41) is 0. The quantitative estimate of drug-likeness (QED) is 0.776. The Hall–Kier alpha value is -0.830. The molecule has 0 aliphatic carbocycles. The Kier molecular flexibility index (Phi) is 4.90. The van der Waals surface area contributed by atoms with Crippen LogP contribution in [0, 0.1) is 5.41 Å². The zero-order valence-corrected chi connectivity index (χ0v) is 13.9. The minimum Gasteiger partial charge on any atom is -0.369 e. The van der Waals surface area contributed by atoms with E-state index in [0.29, 0.717) is 17.2 Å². The molecule has 0 atom stereocenters. The molecule has 1 aliphatic rings. The molecule has 2 heterocycles. The highest BCUT2D eigenvalue weighted by Gasteiger charge is 2.24. The summed E-state index contributed by atoms with van der Waals surface area (Å²) in [6, 6.07) is 0. The van der Waals surface area contributed by atoms with E-state index >= 15 is 0 Å². The minimum absolute atomic E-state index is 0.342. The van der Waals surface area contributed by atoms with Gasteiger partial charge in [0.15, 0.2) is 0 Å². The van der Waals surface area contributed by atoms with Gasteiger partial charge in [-0.05, 0) is 24.7 Å². The van der Waals surface area contributed by atoms with Gasteiger partial charge in [-0.3, -0.25) is 0 Å². The van der Waals surface area contributed by atoms with Crippen molar-refractivity contribution in [3.63, 3.8) is 0 Å². The van der Waals surface area contributed by atoms with Gasteiger partial charge in [-0.2, -0.15) is 0 Å². The van der Waals surface area contributed by atoms with Crippen LogP contribution in [0.25, 0.3) is 0 Å². The van der Waals surface area contributed by atoms with Crippen molar-refractivity contribution in [1.29, 1.82) is 0 Å². The van der Waals surface area contributed by atoms with Crippen LogP contribution in [-0.4, -0.2) is 23.1 Å². The van der Waals surface area contributed by atoms with Crippen molar-refractivity contribution < 1.29 is 0 Å². The van der Waals surface area contributed by atoms with E-state index in [9.17, 15) is 0 Å². The van der Waals surface area contributed by atoms with Crippen LogP contribution in [0.15, 0.2) is 6.20 Å². The molecular weight excluding hydrogens is 270 g/mol. The van der Waals surface area contributed by atoms with Gasteiger partial charge in [0.05, 0.1) is 23.5 Å². The molecular formula is C16H26ClN3. The fourth-order valence-corrected chi connectivity index (χ4v) is 2.93. The Bertz CT molecular complexity index is 457.